The molecule has 0 aromatic heterocycles. The minimum absolute atomic E-state index is 0.369. The molecular formula is C20H21NO5. The largest absolute Gasteiger partial charge is 0.482 e. The third-order valence-electron chi connectivity index (χ3n) is 4.05. The number of amides is 1. The average Bonchev–Trinajstić information content (AvgIpc) is 2.66. The molecule has 1 heterocycles. The van der Waals surface area contributed by atoms with E-state index >= 15 is 0 Å². The first-order valence-electron chi connectivity index (χ1n) is 8.49. The van der Waals surface area contributed by atoms with Crippen molar-refractivity contribution in [3.05, 3.63) is 60.2 Å². The van der Waals surface area contributed by atoms with Gasteiger partial charge in [0, 0.05) is 6.54 Å². The van der Waals surface area contributed by atoms with Gasteiger partial charge >= 0.3 is 5.97 Å². The summed E-state index contributed by atoms with van der Waals surface area (Å²) >= 11 is 0. The molecule has 1 N–H and O–H groups in total. The maximum Gasteiger partial charge on any atom is 0.352 e. The Hall–Kier alpha value is -3.02. The van der Waals surface area contributed by atoms with Crippen molar-refractivity contribution in [2.24, 2.45) is 0 Å². The second kappa shape index (κ2) is 7.91. The van der Waals surface area contributed by atoms with E-state index in [4.69, 9.17) is 14.2 Å². The van der Waals surface area contributed by atoms with E-state index in [2.05, 4.69) is 5.32 Å². The first kappa shape index (κ1) is 17.8. The average molecular weight is 355 g/mol. The Morgan fingerprint density at radius 2 is 1.65 bits per heavy atom. The normalized spacial score (nSPS) is 19.3. The van der Waals surface area contributed by atoms with Crippen LogP contribution in [-0.4, -0.2) is 30.2 Å². The predicted octanol–water partition coefficient (Wildman–Crippen LogP) is 2.46. The molecular weight excluding hydrogens is 334 g/mol. The van der Waals surface area contributed by atoms with Crippen molar-refractivity contribution in [3.63, 3.8) is 0 Å². The number of esters is 1. The van der Waals surface area contributed by atoms with Crippen molar-refractivity contribution in [1.82, 2.24) is 5.32 Å². The zero-order chi connectivity index (χ0) is 18.5. The molecule has 1 amide bonds. The molecule has 3 atom stereocenters. The lowest BCUT2D eigenvalue weighted by Crippen LogP contribution is -2.47. The van der Waals surface area contributed by atoms with E-state index in [-0.39, 0.29) is 5.91 Å². The summed E-state index contributed by atoms with van der Waals surface area (Å²) in [5.41, 5.74) is 0.966. The molecule has 0 spiro atoms. The zero-order valence-corrected chi connectivity index (χ0v) is 14.7. The highest BCUT2D eigenvalue weighted by atomic mass is 16.6. The summed E-state index contributed by atoms with van der Waals surface area (Å²) in [6.45, 7) is 3.62. The van der Waals surface area contributed by atoms with E-state index in [1.165, 1.54) is 6.92 Å². The summed E-state index contributed by atoms with van der Waals surface area (Å²) in [4.78, 5) is 24.6. The SMILES string of the molecule is CC(OC(=O)C1Oc2ccccc2OC1C)C(=O)NCc1ccccc1. The van der Waals surface area contributed by atoms with Crippen molar-refractivity contribution in [3.8, 4) is 11.5 Å². The van der Waals surface area contributed by atoms with Gasteiger partial charge in [-0.05, 0) is 31.5 Å². The molecule has 6 heteroatoms. The Balaban J connectivity index is 1.54. The Kier molecular flexibility index (Phi) is 5.41. The number of ether oxygens (including phenoxy) is 3. The summed E-state index contributed by atoms with van der Waals surface area (Å²) < 4.78 is 16.6. The van der Waals surface area contributed by atoms with Crippen LogP contribution in [0.1, 0.15) is 19.4 Å². The second-order valence-electron chi connectivity index (χ2n) is 6.09. The van der Waals surface area contributed by atoms with Crippen LogP contribution in [0.5, 0.6) is 11.5 Å². The number of carbonyl (C=O) groups is 2. The Bertz CT molecular complexity index is 777. The van der Waals surface area contributed by atoms with Crippen LogP contribution in [0, 0.1) is 0 Å². The molecule has 0 saturated carbocycles. The van der Waals surface area contributed by atoms with E-state index < -0.39 is 24.3 Å². The summed E-state index contributed by atoms with van der Waals surface area (Å²) in [6.07, 6.45) is -2.37. The van der Waals surface area contributed by atoms with Crippen molar-refractivity contribution >= 4 is 11.9 Å². The van der Waals surface area contributed by atoms with Gasteiger partial charge in [-0.15, -0.1) is 0 Å². The van der Waals surface area contributed by atoms with Gasteiger partial charge in [-0.1, -0.05) is 42.5 Å². The van der Waals surface area contributed by atoms with Crippen LogP contribution in [0.25, 0.3) is 0 Å². The quantitative estimate of drug-likeness (QED) is 0.834. The maximum atomic E-state index is 12.4. The van der Waals surface area contributed by atoms with Crippen molar-refractivity contribution in [2.75, 3.05) is 0 Å². The smallest absolute Gasteiger partial charge is 0.352 e. The number of benzene rings is 2. The van der Waals surface area contributed by atoms with E-state index in [0.29, 0.717) is 18.0 Å². The standard InChI is InChI=1S/C20H21NO5/c1-13-18(26-17-11-7-6-10-16(17)24-13)20(23)25-14(2)19(22)21-12-15-8-4-3-5-9-15/h3-11,13-14,18H,12H2,1-2H3,(H,21,22). The molecule has 0 radical (unpaired) electrons. The molecule has 1 aliphatic heterocycles. The molecule has 0 saturated heterocycles. The van der Waals surface area contributed by atoms with Crippen LogP contribution >= 0.6 is 0 Å². The number of hydrogen-bond acceptors (Lipinski definition) is 5. The fraction of sp³-hybridized carbons (Fsp3) is 0.300. The van der Waals surface area contributed by atoms with Crippen LogP contribution in [-0.2, 0) is 20.9 Å². The molecule has 136 valence electrons. The van der Waals surface area contributed by atoms with E-state index in [1.807, 2.05) is 36.4 Å². The topological polar surface area (TPSA) is 73.9 Å². The van der Waals surface area contributed by atoms with Gasteiger partial charge < -0.3 is 19.5 Å². The van der Waals surface area contributed by atoms with Crippen molar-refractivity contribution in [2.45, 2.75) is 38.7 Å². The van der Waals surface area contributed by atoms with Crippen LogP contribution in [0.4, 0.5) is 0 Å². The number of carbonyl (C=O) groups excluding carboxylic acids is 2. The number of fused-ring (bicyclic) bond motifs is 1. The lowest BCUT2D eigenvalue weighted by molar-refractivity contribution is -0.166. The molecule has 3 unspecified atom stereocenters. The second-order valence-corrected chi connectivity index (χ2v) is 6.09. The van der Waals surface area contributed by atoms with Gasteiger partial charge in [-0.2, -0.15) is 0 Å². The van der Waals surface area contributed by atoms with Gasteiger partial charge in [0.1, 0.15) is 6.10 Å². The minimum atomic E-state index is -0.931. The van der Waals surface area contributed by atoms with Gasteiger partial charge in [-0.3, -0.25) is 4.79 Å². The fourth-order valence-corrected chi connectivity index (χ4v) is 2.60. The molecule has 0 bridgehead atoms. The third-order valence-corrected chi connectivity index (χ3v) is 4.05. The van der Waals surface area contributed by atoms with E-state index in [1.54, 1.807) is 25.1 Å². The summed E-state index contributed by atoms with van der Waals surface area (Å²) in [5.74, 6) is 0.0628. The first-order chi connectivity index (χ1) is 12.5. The monoisotopic (exact) mass is 355 g/mol. The number of para-hydroxylation sites is 2. The highest BCUT2D eigenvalue weighted by molar-refractivity contribution is 5.85. The van der Waals surface area contributed by atoms with Crippen LogP contribution in [0.3, 0.4) is 0 Å². The number of rotatable bonds is 5. The molecule has 26 heavy (non-hydrogen) atoms. The van der Waals surface area contributed by atoms with E-state index in [0.717, 1.165) is 5.56 Å². The first-order valence-corrected chi connectivity index (χ1v) is 8.49. The molecule has 0 aliphatic carbocycles. The fourth-order valence-electron chi connectivity index (χ4n) is 2.60. The van der Waals surface area contributed by atoms with Crippen molar-refractivity contribution in [1.29, 1.82) is 0 Å². The van der Waals surface area contributed by atoms with Crippen LogP contribution < -0.4 is 14.8 Å². The molecule has 3 rings (SSSR count). The van der Waals surface area contributed by atoms with Crippen molar-refractivity contribution < 1.29 is 23.8 Å². The maximum absolute atomic E-state index is 12.4. The predicted molar refractivity (Wildman–Crippen MR) is 94.8 cm³/mol. The molecule has 6 nitrogen and oxygen atoms in total. The van der Waals surface area contributed by atoms with Gasteiger partial charge in [0.25, 0.3) is 5.91 Å². The number of hydrogen-bond donors (Lipinski definition) is 1. The lowest BCUT2D eigenvalue weighted by Gasteiger charge is -2.30. The highest BCUT2D eigenvalue weighted by Gasteiger charge is 2.36. The summed E-state index contributed by atoms with van der Waals surface area (Å²) in [5, 5.41) is 2.75. The van der Waals surface area contributed by atoms with Gasteiger partial charge in [0.05, 0.1) is 0 Å². The zero-order valence-electron chi connectivity index (χ0n) is 14.7. The summed E-state index contributed by atoms with van der Waals surface area (Å²) in [6, 6.07) is 16.6. The van der Waals surface area contributed by atoms with E-state index in [9.17, 15) is 9.59 Å². The Morgan fingerprint density at radius 3 is 2.35 bits per heavy atom. The lowest BCUT2D eigenvalue weighted by atomic mass is 10.2. The molecule has 2 aromatic carbocycles. The Morgan fingerprint density at radius 1 is 1.04 bits per heavy atom. The van der Waals surface area contributed by atoms with Gasteiger partial charge in [0.2, 0.25) is 6.10 Å². The molecule has 0 fully saturated rings. The number of nitrogens with one attached hydrogen (secondary N) is 1. The molecule has 1 aliphatic rings. The Labute approximate surface area is 152 Å². The summed E-state index contributed by atoms with van der Waals surface area (Å²) in [7, 11) is 0. The van der Waals surface area contributed by atoms with Gasteiger partial charge in [0.15, 0.2) is 17.6 Å². The minimum Gasteiger partial charge on any atom is -0.482 e. The molecule has 2 aromatic rings. The van der Waals surface area contributed by atoms with Crippen LogP contribution in [0.2, 0.25) is 0 Å². The van der Waals surface area contributed by atoms with Gasteiger partial charge in [-0.25, -0.2) is 4.79 Å². The third kappa shape index (κ3) is 4.14. The highest BCUT2D eigenvalue weighted by Crippen LogP contribution is 2.33. The van der Waals surface area contributed by atoms with Crippen LogP contribution in [0.15, 0.2) is 54.6 Å².